The number of carbonyl (C=O) groups excluding carboxylic acids is 2. The molecule has 0 radical (unpaired) electrons. The van der Waals surface area contributed by atoms with Gasteiger partial charge in [0.15, 0.2) is 17.1 Å². The second-order valence-corrected chi connectivity index (χ2v) is 4.66. The maximum absolute atomic E-state index is 12.5. The van der Waals surface area contributed by atoms with Gasteiger partial charge in [-0.2, -0.15) is 0 Å². The highest BCUT2D eigenvalue weighted by Gasteiger charge is 2.41. The first-order valence-corrected chi connectivity index (χ1v) is 6.34. The van der Waals surface area contributed by atoms with E-state index in [2.05, 4.69) is 4.98 Å². The average molecular weight is 268 g/mol. The molecule has 0 aliphatic carbocycles. The Labute approximate surface area is 117 Å². The summed E-state index contributed by atoms with van der Waals surface area (Å²) in [6.07, 6.45) is 1.63. The van der Waals surface area contributed by atoms with E-state index in [0.29, 0.717) is 0 Å². The van der Waals surface area contributed by atoms with Crippen LogP contribution < -0.4 is 5.73 Å². The number of nitrogens with two attached hydrogens (primary N) is 1. The predicted octanol–water partition coefficient (Wildman–Crippen LogP) is 1.64. The molecule has 0 saturated carbocycles. The molecule has 0 fully saturated rings. The first-order valence-electron chi connectivity index (χ1n) is 6.34. The highest BCUT2D eigenvalue weighted by molar-refractivity contribution is 6.11. The molecular weight excluding hydrogens is 252 g/mol. The van der Waals surface area contributed by atoms with E-state index in [0.717, 1.165) is 5.56 Å². The Morgan fingerprint density at radius 1 is 1.10 bits per heavy atom. The third-order valence-corrected chi connectivity index (χ3v) is 3.27. The lowest BCUT2D eigenvalue weighted by Crippen LogP contribution is -2.52. The topological polar surface area (TPSA) is 73.1 Å². The van der Waals surface area contributed by atoms with Crippen molar-refractivity contribution in [3.8, 4) is 0 Å². The minimum Gasteiger partial charge on any atom is -0.308 e. The summed E-state index contributed by atoms with van der Waals surface area (Å²) in [6, 6.07) is 14.2. The van der Waals surface area contributed by atoms with Gasteiger partial charge in [0.2, 0.25) is 0 Å². The molecule has 0 bridgehead atoms. The van der Waals surface area contributed by atoms with E-state index < -0.39 is 11.3 Å². The zero-order valence-electron chi connectivity index (χ0n) is 11.2. The van der Waals surface area contributed by atoms with Gasteiger partial charge >= 0.3 is 0 Å². The van der Waals surface area contributed by atoms with Gasteiger partial charge in [-0.15, -0.1) is 0 Å². The normalized spacial score (nSPS) is 13.5. The van der Waals surface area contributed by atoms with Crippen molar-refractivity contribution < 1.29 is 9.59 Å². The van der Waals surface area contributed by atoms with Crippen molar-refractivity contribution in [1.82, 2.24) is 4.98 Å². The number of rotatable bonds is 5. The van der Waals surface area contributed by atoms with Gasteiger partial charge in [-0.25, -0.2) is 0 Å². The van der Waals surface area contributed by atoms with Crippen molar-refractivity contribution in [3.63, 3.8) is 0 Å². The van der Waals surface area contributed by atoms with Gasteiger partial charge in [0.25, 0.3) is 0 Å². The molecule has 1 aromatic heterocycles. The summed E-state index contributed by atoms with van der Waals surface area (Å²) < 4.78 is 0. The van der Waals surface area contributed by atoms with Gasteiger partial charge < -0.3 is 5.73 Å². The van der Waals surface area contributed by atoms with E-state index in [-0.39, 0.29) is 17.9 Å². The highest BCUT2D eigenvalue weighted by Crippen LogP contribution is 2.20. The van der Waals surface area contributed by atoms with Crippen LogP contribution in [-0.2, 0) is 21.5 Å². The number of carbonyl (C=O) groups is 2. The van der Waals surface area contributed by atoms with Crippen LogP contribution in [0.5, 0.6) is 0 Å². The molecule has 2 aromatic rings. The molecule has 0 spiro atoms. The summed E-state index contributed by atoms with van der Waals surface area (Å²) in [4.78, 5) is 28.5. The van der Waals surface area contributed by atoms with Crippen molar-refractivity contribution in [2.24, 2.45) is 5.73 Å². The van der Waals surface area contributed by atoms with Crippen LogP contribution in [0, 0.1) is 0 Å². The van der Waals surface area contributed by atoms with Crippen molar-refractivity contribution in [2.45, 2.75) is 18.9 Å². The molecule has 1 unspecified atom stereocenters. The summed E-state index contributed by atoms with van der Waals surface area (Å²) in [6.45, 7) is 1.32. The molecule has 0 aliphatic heterocycles. The largest absolute Gasteiger partial charge is 0.308 e. The lowest BCUT2D eigenvalue weighted by atomic mass is 9.84. The van der Waals surface area contributed by atoms with Crippen LogP contribution in [0.15, 0.2) is 54.7 Å². The van der Waals surface area contributed by atoms with Gasteiger partial charge in [-0.1, -0.05) is 36.4 Å². The van der Waals surface area contributed by atoms with Gasteiger partial charge in [0, 0.05) is 12.6 Å². The third-order valence-electron chi connectivity index (χ3n) is 3.27. The Kier molecular flexibility index (Phi) is 4.05. The number of ketones is 2. The number of Topliss-reactive ketones (excluding diaryl/α,β-unsaturated/α-hetero) is 2. The molecule has 1 aromatic carbocycles. The molecule has 0 saturated heterocycles. The van der Waals surface area contributed by atoms with Crippen LogP contribution in [0.1, 0.15) is 18.2 Å². The van der Waals surface area contributed by atoms with Gasteiger partial charge in [0.05, 0.1) is 5.69 Å². The second-order valence-electron chi connectivity index (χ2n) is 4.66. The van der Waals surface area contributed by atoms with E-state index in [1.807, 2.05) is 30.3 Å². The average Bonchev–Trinajstić information content (AvgIpc) is 2.48. The smallest absolute Gasteiger partial charge is 0.176 e. The molecule has 4 heteroatoms. The SMILES string of the molecule is CC(=O)C(N)(C(=O)Cc1ccccc1)c1ccccn1. The number of hydrogen-bond acceptors (Lipinski definition) is 4. The maximum Gasteiger partial charge on any atom is 0.176 e. The third kappa shape index (κ3) is 2.65. The Balaban J connectivity index is 2.34. The minimum atomic E-state index is -1.68. The van der Waals surface area contributed by atoms with E-state index in [4.69, 9.17) is 5.73 Å². The van der Waals surface area contributed by atoms with Gasteiger partial charge in [-0.3, -0.25) is 14.6 Å². The van der Waals surface area contributed by atoms with Crippen molar-refractivity contribution in [1.29, 1.82) is 0 Å². The summed E-state index contributed by atoms with van der Waals surface area (Å²) >= 11 is 0. The Bertz CT molecular complexity index is 611. The number of nitrogens with zero attached hydrogens (tertiary/aromatic N) is 1. The zero-order valence-corrected chi connectivity index (χ0v) is 11.2. The Hall–Kier alpha value is -2.33. The molecule has 0 aliphatic rings. The quantitative estimate of drug-likeness (QED) is 0.837. The second kappa shape index (κ2) is 5.75. The molecule has 1 atom stereocenters. The van der Waals surface area contributed by atoms with E-state index >= 15 is 0 Å². The zero-order chi connectivity index (χ0) is 14.6. The van der Waals surface area contributed by atoms with Crippen LogP contribution >= 0.6 is 0 Å². The van der Waals surface area contributed by atoms with Crippen LogP contribution in [0.4, 0.5) is 0 Å². The lowest BCUT2D eigenvalue weighted by Gasteiger charge is -2.24. The van der Waals surface area contributed by atoms with Crippen molar-refractivity contribution >= 4 is 11.6 Å². The minimum absolute atomic E-state index is 0.105. The molecule has 1 heterocycles. The summed E-state index contributed by atoms with van der Waals surface area (Å²) in [7, 11) is 0. The Morgan fingerprint density at radius 2 is 1.75 bits per heavy atom. The molecule has 0 amide bonds. The molecule has 102 valence electrons. The molecule has 2 rings (SSSR count). The van der Waals surface area contributed by atoms with Crippen LogP contribution in [0.2, 0.25) is 0 Å². The van der Waals surface area contributed by atoms with Gasteiger partial charge in [-0.05, 0) is 24.6 Å². The predicted molar refractivity (Wildman–Crippen MR) is 75.9 cm³/mol. The fourth-order valence-corrected chi connectivity index (χ4v) is 2.04. The van der Waals surface area contributed by atoms with Crippen LogP contribution in [-0.4, -0.2) is 16.6 Å². The standard InChI is InChI=1S/C16H16N2O2/c1-12(19)16(17,14-9-5-6-10-18-14)15(20)11-13-7-3-2-4-8-13/h2-10H,11,17H2,1H3. The van der Waals surface area contributed by atoms with E-state index in [1.54, 1.807) is 18.2 Å². The van der Waals surface area contributed by atoms with E-state index in [9.17, 15) is 9.59 Å². The molecule has 2 N–H and O–H groups in total. The fraction of sp³-hybridized carbons (Fsp3) is 0.188. The molecule has 20 heavy (non-hydrogen) atoms. The first kappa shape index (κ1) is 14.1. The van der Waals surface area contributed by atoms with Crippen LogP contribution in [0.25, 0.3) is 0 Å². The molecule has 4 nitrogen and oxygen atoms in total. The van der Waals surface area contributed by atoms with E-state index in [1.165, 1.54) is 13.1 Å². The Morgan fingerprint density at radius 3 is 2.30 bits per heavy atom. The summed E-state index contributed by atoms with van der Waals surface area (Å²) in [5, 5.41) is 0. The number of pyridine rings is 1. The monoisotopic (exact) mass is 268 g/mol. The fourth-order valence-electron chi connectivity index (χ4n) is 2.04. The summed E-state index contributed by atoms with van der Waals surface area (Å²) in [5.74, 6) is -0.757. The van der Waals surface area contributed by atoms with Crippen LogP contribution in [0.3, 0.4) is 0 Å². The number of benzene rings is 1. The number of hydrogen-bond donors (Lipinski definition) is 1. The van der Waals surface area contributed by atoms with Gasteiger partial charge in [0.1, 0.15) is 0 Å². The number of aromatic nitrogens is 1. The van der Waals surface area contributed by atoms with Crippen molar-refractivity contribution in [3.05, 3.63) is 66.0 Å². The lowest BCUT2D eigenvalue weighted by molar-refractivity contribution is -0.133. The first-order chi connectivity index (χ1) is 9.55. The van der Waals surface area contributed by atoms with Crippen molar-refractivity contribution in [2.75, 3.05) is 0 Å². The maximum atomic E-state index is 12.5. The highest BCUT2D eigenvalue weighted by atomic mass is 16.2. The summed E-state index contributed by atoms with van der Waals surface area (Å²) in [5.41, 5.74) is 5.52. The molecular formula is C16H16N2O2.